The second kappa shape index (κ2) is 4.77. The summed E-state index contributed by atoms with van der Waals surface area (Å²) in [6.07, 6.45) is 1.87. The summed E-state index contributed by atoms with van der Waals surface area (Å²) in [4.78, 5) is 4.36. The molecule has 0 spiro atoms. The van der Waals surface area contributed by atoms with Crippen molar-refractivity contribution in [2.24, 2.45) is 0 Å². The van der Waals surface area contributed by atoms with Crippen molar-refractivity contribution in [3.8, 4) is 0 Å². The molecule has 0 saturated carbocycles. The van der Waals surface area contributed by atoms with Crippen LogP contribution in [-0.2, 0) is 6.54 Å². The number of imidazole rings is 1. The fourth-order valence-corrected chi connectivity index (χ4v) is 1.74. The van der Waals surface area contributed by atoms with E-state index in [0.717, 1.165) is 23.5 Å². The van der Waals surface area contributed by atoms with Crippen molar-refractivity contribution in [1.29, 1.82) is 0 Å². The van der Waals surface area contributed by atoms with E-state index in [1.54, 1.807) is 0 Å². The molecule has 0 amide bonds. The monoisotopic (exact) mass is 245 g/mol. The SMILES string of the molecule is CNCCn1c(Br)cnc1C(C)C. The number of hydrogen-bond acceptors (Lipinski definition) is 2. The molecular formula is C9H16BrN3. The Labute approximate surface area is 87.7 Å². The first kappa shape index (κ1) is 10.7. The molecule has 0 bridgehead atoms. The standard InChI is InChI=1S/C9H16BrN3/c1-7(2)9-12-6-8(10)13(9)5-4-11-3/h6-7,11H,4-5H2,1-3H3. The maximum atomic E-state index is 4.36. The Balaban J connectivity index is 2.82. The predicted molar refractivity (Wildman–Crippen MR) is 57.9 cm³/mol. The van der Waals surface area contributed by atoms with E-state index in [4.69, 9.17) is 0 Å². The van der Waals surface area contributed by atoms with Gasteiger partial charge in [-0.25, -0.2) is 4.98 Å². The van der Waals surface area contributed by atoms with E-state index in [1.165, 1.54) is 0 Å². The molecule has 0 saturated heterocycles. The molecule has 1 rings (SSSR count). The minimum absolute atomic E-state index is 0.475. The highest BCUT2D eigenvalue weighted by Crippen LogP contribution is 2.18. The first-order valence-corrected chi connectivity index (χ1v) is 5.31. The summed E-state index contributed by atoms with van der Waals surface area (Å²) in [5.41, 5.74) is 0. The third kappa shape index (κ3) is 2.54. The Morgan fingerprint density at radius 2 is 2.31 bits per heavy atom. The van der Waals surface area contributed by atoms with Crippen molar-refractivity contribution < 1.29 is 0 Å². The van der Waals surface area contributed by atoms with Crippen LogP contribution in [0.3, 0.4) is 0 Å². The van der Waals surface area contributed by atoms with E-state index in [0.29, 0.717) is 5.92 Å². The van der Waals surface area contributed by atoms with Gasteiger partial charge >= 0.3 is 0 Å². The van der Waals surface area contributed by atoms with Crippen molar-refractivity contribution in [2.75, 3.05) is 13.6 Å². The summed E-state index contributed by atoms with van der Waals surface area (Å²) < 4.78 is 3.26. The number of rotatable bonds is 4. The Kier molecular flexibility index (Phi) is 3.93. The lowest BCUT2D eigenvalue weighted by atomic mass is 10.2. The molecule has 0 atom stereocenters. The Morgan fingerprint density at radius 3 is 2.85 bits per heavy atom. The summed E-state index contributed by atoms with van der Waals surface area (Å²) in [7, 11) is 1.96. The van der Waals surface area contributed by atoms with E-state index in [9.17, 15) is 0 Å². The zero-order valence-corrected chi connectivity index (χ0v) is 9.93. The number of hydrogen-bond donors (Lipinski definition) is 1. The van der Waals surface area contributed by atoms with Crippen LogP contribution in [-0.4, -0.2) is 23.1 Å². The lowest BCUT2D eigenvalue weighted by Gasteiger charge is -2.10. The molecule has 0 radical (unpaired) electrons. The minimum atomic E-state index is 0.475. The van der Waals surface area contributed by atoms with E-state index in [2.05, 4.69) is 44.6 Å². The fourth-order valence-electron chi connectivity index (χ4n) is 1.27. The Bertz CT molecular complexity index is 268. The number of halogens is 1. The topological polar surface area (TPSA) is 29.9 Å². The third-order valence-electron chi connectivity index (χ3n) is 1.94. The molecule has 0 aliphatic rings. The highest BCUT2D eigenvalue weighted by molar-refractivity contribution is 9.10. The van der Waals surface area contributed by atoms with Gasteiger partial charge in [-0.05, 0) is 23.0 Å². The van der Waals surface area contributed by atoms with E-state index in [1.807, 2.05) is 13.2 Å². The molecular weight excluding hydrogens is 230 g/mol. The first-order chi connectivity index (χ1) is 6.16. The van der Waals surface area contributed by atoms with Crippen LogP contribution in [0.4, 0.5) is 0 Å². The van der Waals surface area contributed by atoms with Crippen molar-refractivity contribution >= 4 is 15.9 Å². The van der Waals surface area contributed by atoms with Crippen molar-refractivity contribution in [1.82, 2.24) is 14.9 Å². The zero-order valence-electron chi connectivity index (χ0n) is 8.34. The van der Waals surface area contributed by atoms with Gasteiger partial charge in [0.15, 0.2) is 0 Å². The van der Waals surface area contributed by atoms with Crippen LogP contribution in [0.2, 0.25) is 0 Å². The van der Waals surface area contributed by atoms with Crippen LogP contribution >= 0.6 is 15.9 Å². The summed E-state index contributed by atoms with van der Waals surface area (Å²) >= 11 is 3.49. The first-order valence-electron chi connectivity index (χ1n) is 4.52. The smallest absolute Gasteiger partial charge is 0.112 e. The van der Waals surface area contributed by atoms with Crippen LogP contribution in [0.15, 0.2) is 10.8 Å². The predicted octanol–water partition coefficient (Wildman–Crippen LogP) is 1.99. The van der Waals surface area contributed by atoms with Gasteiger partial charge in [0.2, 0.25) is 0 Å². The molecule has 4 heteroatoms. The minimum Gasteiger partial charge on any atom is -0.321 e. The molecule has 1 N–H and O–H groups in total. The second-order valence-corrected chi connectivity index (χ2v) is 4.16. The highest BCUT2D eigenvalue weighted by Gasteiger charge is 2.10. The molecule has 1 aromatic rings. The van der Waals surface area contributed by atoms with Gasteiger partial charge in [0.25, 0.3) is 0 Å². The van der Waals surface area contributed by atoms with Crippen molar-refractivity contribution in [2.45, 2.75) is 26.3 Å². The quantitative estimate of drug-likeness (QED) is 0.880. The average molecular weight is 246 g/mol. The van der Waals surface area contributed by atoms with Gasteiger partial charge in [0.1, 0.15) is 10.4 Å². The Hall–Kier alpha value is -0.350. The molecule has 0 aromatic carbocycles. The van der Waals surface area contributed by atoms with Gasteiger partial charge in [0.05, 0.1) is 6.20 Å². The normalized spacial score (nSPS) is 11.2. The fraction of sp³-hybridized carbons (Fsp3) is 0.667. The van der Waals surface area contributed by atoms with E-state index < -0.39 is 0 Å². The second-order valence-electron chi connectivity index (χ2n) is 3.35. The van der Waals surface area contributed by atoms with E-state index in [-0.39, 0.29) is 0 Å². The zero-order chi connectivity index (χ0) is 9.84. The van der Waals surface area contributed by atoms with Gasteiger partial charge in [-0.2, -0.15) is 0 Å². The maximum Gasteiger partial charge on any atom is 0.112 e. The average Bonchev–Trinajstić information content (AvgIpc) is 2.43. The summed E-state index contributed by atoms with van der Waals surface area (Å²) in [5, 5.41) is 3.13. The summed E-state index contributed by atoms with van der Waals surface area (Å²) in [5.74, 6) is 1.62. The molecule has 0 aliphatic carbocycles. The molecule has 1 aromatic heterocycles. The molecule has 0 unspecified atom stereocenters. The number of nitrogens with one attached hydrogen (secondary N) is 1. The number of aromatic nitrogens is 2. The molecule has 13 heavy (non-hydrogen) atoms. The maximum absolute atomic E-state index is 4.36. The van der Waals surface area contributed by atoms with Gasteiger partial charge in [-0.3, -0.25) is 0 Å². The molecule has 0 fully saturated rings. The Morgan fingerprint density at radius 1 is 1.62 bits per heavy atom. The lowest BCUT2D eigenvalue weighted by Crippen LogP contribution is -2.17. The number of nitrogens with zero attached hydrogens (tertiary/aromatic N) is 2. The van der Waals surface area contributed by atoms with Gasteiger partial charge < -0.3 is 9.88 Å². The van der Waals surface area contributed by atoms with Crippen LogP contribution in [0.25, 0.3) is 0 Å². The third-order valence-corrected chi connectivity index (χ3v) is 2.57. The van der Waals surface area contributed by atoms with Crippen LogP contribution < -0.4 is 5.32 Å². The number of likely N-dealkylation sites (N-methyl/N-ethyl adjacent to an activating group) is 1. The lowest BCUT2D eigenvalue weighted by molar-refractivity contribution is 0.586. The molecule has 3 nitrogen and oxygen atoms in total. The van der Waals surface area contributed by atoms with Gasteiger partial charge in [-0.1, -0.05) is 13.8 Å². The molecule has 1 heterocycles. The van der Waals surface area contributed by atoms with Crippen LogP contribution in [0.5, 0.6) is 0 Å². The van der Waals surface area contributed by atoms with Crippen LogP contribution in [0, 0.1) is 0 Å². The highest BCUT2D eigenvalue weighted by atomic mass is 79.9. The van der Waals surface area contributed by atoms with Gasteiger partial charge in [-0.15, -0.1) is 0 Å². The summed E-state index contributed by atoms with van der Waals surface area (Å²) in [6.45, 7) is 6.24. The largest absolute Gasteiger partial charge is 0.321 e. The van der Waals surface area contributed by atoms with Crippen molar-refractivity contribution in [3.05, 3.63) is 16.6 Å². The summed E-state index contributed by atoms with van der Waals surface area (Å²) in [6, 6.07) is 0. The van der Waals surface area contributed by atoms with Crippen molar-refractivity contribution in [3.63, 3.8) is 0 Å². The van der Waals surface area contributed by atoms with Crippen LogP contribution in [0.1, 0.15) is 25.6 Å². The molecule has 74 valence electrons. The molecule has 0 aliphatic heterocycles. The van der Waals surface area contributed by atoms with Gasteiger partial charge in [0, 0.05) is 19.0 Å². The van der Waals surface area contributed by atoms with E-state index >= 15 is 0 Å².